The molecule has 3 aromatic rings. The average Bonchev–Trinajstić information content (AvgIpc) is 3.10. The molecule has 0 spiro atoms. The Morgan fingerprint density at radius 1 is 1.07 bits per heavy atom. The number of thioether (sulfide) groups is 1. The highest BCUT2D eigenvalue weighted by molar-refractivity contribution is 7.99. The molecule has 0 radical (unpaired) electrons. The molecule has 0 bridgehead atoms. The number of para-hydroxylation sites is 1. The molecule has 10 heteroatoms. The van der Waals surface area contributed by atoms with Crippen molar-refractivity contribution in [2.24, 2.45) is 0 Å². The minimum Gasteiger partial charge on any atom is -0.482 e. The van der Waals surface area contributed by atoms with Crippen LogP contribution in [0.25, 0.3) is 0 Å². The Hall–Kier alpha value is -1.93. The Morgan fingerprint density at radius 2 is 1.89 bits per heavy atom. The van der Waals surface area contributed by atoms with Crippen molar-refractivity contribution in [2.75, 3.05) is 11.1 Å². The van der Waals surface area contributed by atoms with E-state index in [2.05, 4.69) is 15.5 Å². The van der Waals surface area contributed by atoms with Crippen LogP contribution >= 0.6 is 46.6 Å². The molecule has 0 atom stereocenters. The molecular formula is C17H12Cl3N3O3S. The van der Waals surface area contributed by atoms with E-state index in [4.69, 9.17) is 44.0 Å². The Bertz CT molecular complexity index is 952. The highest BCUT2D eigenvalue weighted by atomic mass is 35.5. The number of nitrogens with zero attached hydrogens (tertiary/aromatic N) is 2. The number of anilines is 1. The minimum absolute atomic E-state index is 0.0762. The number of hydrogen-bond donors (Lipinski definition) is 1. The maximum atomic E-state index is 12.0. The topological polar surface area (TPSA) is 77.2 Å². The Labute approximate surface area is 174 Å². The normalized spacial score (nSPS) is 10.6. The molecule has 6 nitrogen and oxygen atoms in total. The summed E-state index contributed by atoms with van der Waals surface area (Å²) >= 11 is 18.9. The van der Waals surface area contributed by atoms with E-state index in [1.165, 1.54) is 0 Å². The van der Waals surface area contributed by atoms with E-state index in [0.29, 0.717) is 26.5 Å². The lowest BCUT2D eigenvalue weighted by Crippen LogP contribution is -2.13. The zero-order valence-corrected chi connectivity index (χ0v) is 16.7. The van der Waals surface area contributed by atoms with Crippen LogP contribution < -0.4 is 10.1 Å². The minimum atomic E-state index is -0.245. The monoisotopic (exact) mass is 443 g/mol. The van der Waals surface area contributed by atoms with Gasteiger partial charge in [0.05, 0.1) is 20.8 Å². The predicted octanol–water partition coefficient (Wildman–Crippen LogP) is 5.34. The molecule has 0 unspecified atom stereocenters. The van der Waals surface area contributed by atoms with Gasteiger partial charge in [-0.05, 0) is 30.3 Å². The van der Waals surface area contributed by atoms with E-state index < -0.39 is 0 Å². The third-order valence-corrected chi connectivity index (χ3v) is 5.04. The smallest absolute Gasteiger partial charge is 0.277 e. The zero-order valence-electron chi connectivity index (χ0n) is 13.6. The van der Waals surface area contributed by atoms with Gasteiger partial charge in [0.15, 0.2) is 6.61 Å². The number of rotatable bonds is 7. The van der Waals surface area contributed by atoms with Gasteiger partial charge >= 0.3 is 0 Å². The van der Waals surface area contributed by atoms with Crippen molar-refractivity contribution < 1.29 is 13.9 Å². The van der Waals surface area contributed by atoms with E-state index in [-0.39, 0.29) is 29.4 Å². The van der Waals surface area contributed by atoms with Crippen molar-refractivity contribution in [3.05, 3.63) is 63.4 Å². The zero-order chi connectivity index (χ0) is 19.2. The maximum Gasteiger partial charge on any atom is 0.277 e. The molecule has 2 aromatic carbocycles. The largest absolute Gasteiger partial charge is 0.482 e. The summed E-state index contributed by atoms with van der Waals surface area (Å²) in [5.41, 5.74) is 0.550. The van der Waals surface area contributed by atoms with Gasteiger partial charge in [-0.3, -0.25) is 4.79 Å². The van der Waals surface area contributed by atoms with Crippen LogP contribution in [-0.4, -0.2) is 21.9 Å². The molecule has 0 saturated heterocycles. The summed E-state index contributed by atoms with van der Waals surface area (Å²) in [4.78, 5) is 12.0. The van der Waals surface area contributed by atoms with Gasteiger partial charge in [0, 0.05) is 5.69 Å². The van der Waals surface area contributed by atoms with Crippen LogP contribution in [0, 0.1) is 0 Å². The van der Waals surface area contributed by atoms with Crippen molar-refractivity contribution >= 4 is 58.2 Å². The standard InChI is InChI=1S/C17H12Cl3N3O3S/c18-11-6-5-10(7-13(11)20)21-15(24)9-27-17-23-22-16(26-17)8-25-14-4-2-1-3-12(14)19/h1-7H,8-9H2,(H,21,24). The summed E-state index contributed by atoms with van der Waals surface area (Å²) < 4.78 is 11.0. The van der Waals surface area contributed by atoms with E-state index in [1.54, 1.807) is 36.4 Å². The summed E-state index contributed by atoms with van der Waals surface area (Å²) in [6, 6.07) is 11.9. The molecule has 1 N–H and O–H groups in total. The van der Waals surface area contributed by atoms with Crippen LogP contribution in [-0.2, 0) is 11.4 Å². The number of halogens is 3. The first-order valence-corrected chi connectivity index (χ1v) is 9.70. The fraction of sp³-hybridized carbons (Fsp3) is 0.118. The van der Waals surface area contributed by atoms with Crippen LogP contribution in [0.5, 0.6) is 5.75 Å². The fourth-order valence-electron chi connectivity index (χ4n) is 1.95. The molecule has 0 aliphatic carbocycles. The van der Waals surface area contributed by atoms with Gasteiger partial charge in [0.25, 0.3) is 11.1 Å². The molecular weight excluding hydrogens is 433 g/mol. The highest BCUT2D eigenvalue weighted by Crippen LogP contribution is 2.26. The van der Waals surface area contributed by atoms with Crippen LogP contribution in [0.1, 0.15) is 5.89 Å². The van der Waals surface area contributed by atoms with Gasteiger partial charge in [-0.2, -0.15) is 0 Å². The number of nitrogens with one attached hydrogen (secondary N) is 1. The summed E-state index contributed by atoms with van der Waals surface area (Å²) in [7, 11) is 0. The van der Waals surface area contributed by atoms with Gasteiger partial charge in [-0.15, -0.1) is 10.2 Å². The molecule has 140 valence electrons. The number of carbonyl (C=O) groups excluding carboxylic acids is 1. The van der Waals surface area contributed by atoms with E-state index in [9.17, 15) is 4.79 Å². The second kappa shape index (κ2) is 9.32. The third-order valence-electron chi connectivity index (χ3n) is 3.17. The Balaban J connectivity index is 1.48. The predicted molar refractivity (Wildman–Crippen MR) is 106 cm³/mol. The van der Waals surface area contributed by atoms with E-state index in [1.807, 2.05) is 6.07 Å². The number of ether oxygens (including phenoxy) is 1. The Kier molecular flexibility index (Phi) is 6.84. The van der Waals surface area contributed by atoms with Crippen molar-refractivity contribution in [2.45, 2.75) is 11.8 Å². The van der Waals surface area contributed by atoms with Crippen molar-refractivity contribution in [1.29, 1.82) is 0 Å². The van der Waals surface area contributed by atoms with Gasteiger partial charge in [-0.1, -0.05) is 58.7 Å². The SMILES string of the molecule is O=C(CSc1nnc(COc2ccccc2Cl)o1)Nc1ccc(Cl)c(Cl)c1. The first-order chi connectivity index (χ1) is 13.0. The molecule has 1 aromatic heterocycles. The fourth-order valence-corrected chi connectivity index (χ4v) is 3.02. The molecule has 1 heterocycles. The number of benzene rings is 2. The van der Waals surface area contributed by atoms with Gasteiger partial charge in [0.2, 0.25) is 5.91 Å². The maximum absolute atomic E-state index is 12.0. The lowest BCUT2D eigenvalue weighted by atomic mass is 10.3. The van der Waals surface area contributed by atoms with Crippen molar-refractivity contribution in [3.8, 4) is 5.75 Å². The molecule has 0 aliphatic heterocycles. The van der Waals surface area contributed by atoms with Crippen LogP contribution in [0.4, 0.5) is 5.69 Å². The van der Waals surface area contributed by atoms with Crippen LogP contribution in [0.15, 0.2) is 52.1 Å². The lowest BCUT2D eigenvalue weighted by molar-refractivity contribution is -0.113. The van der Waals surface area contributed by atoms with Crippen molar-refractivity contribution in [3.63, 3.8) is 0 Å². The average molecular weight is 445 g/mol. The second-order valence-corrected chi connectivity index (χ2v) is 7.29. The van der Waals surface area contributed by atoms with Crippen LogP contribution in [0.2, 0.25) is 15.1 Å². The molecule has 0 aliphatic rings. The summed E-state index contributed by atoms with van der Waals surface area (Å²) in [5, 5.41) is 12.0. The van der Waals surface area contributed by atoms with Gasteiger partial charge < -0.3 is 14.5 Å². The lowest BCUT2D eigenvalue weighted by Gasteiger charge is -2.05. The number of carbonyl (C=O) groups is 1. The van der Waals surface area contributed by atoms with Crippen LogP contribution in [0.3, 0.4) is 0 Å². The summed E-state index contributed by atoms with van der Waals surface area (Å²) in [6.45, 7) is 0.0762. The third kappa shape index (κ3) is 5.77. The van der Waals surface area contributed by atoms with Gasteiger partial charge in [0.1, 0.15) is 5.75 Å². The first-order valence-electron chi connectivity index (χ1n) is 7.58. The quantitative estimate of drug-likeness (QED) is 0.496. The number of amides is 1. The molecule has 3 rings (SSSR count). The molecule has 27 heavy (non-hydrogen) atoms. The number of aromatic nitrogens is 2. The van der Waals surface area contributed by atoms with E-state index >= 15 is 0 Å². The summed E-state index contributed by atoms with van der Waals surface area (Å²) in [6.07, 6.45) is 0. The Morgan fingerprint density at radius 3 is 2.67 bits per heavy atom. The molecule has 0 fully saturated rings. The molecule has 1 amide bonds. The highest BCUT2D eigenvalue weighted by Gasteiger charge is 2.11. The number of hydrogen-bond acceptors (Lipinski definition) is 6. The second-order valence-electron chi connectivity index (χ2n) is 5.15. The first kappa shape index (κ1) is 19.8. The summed E-state index contributed by atoms with van der Waals surface area (Å²) in [5.74, 6) is 0.646. The molecule has 0 saturated carbocycles. The van der Waals surface area contributed by atoms with Gasteiger partial charge in [-0.25, -0.2) is 0 Å². The van der Waals surface area contributed by atoms with E-state index in [0.717, 1.165) is 11.8 Å². The van der Waals surface area contributed by atoms with Crippen molar-refractivity contribution in [1.82, 2.24) is 10.2 Å².